The molecule has 0 bridgehead atoms. The number of hydrogen-bond acceptors (Lipinski definition) is 6. The Morgan fingerprint density at radius 2 is 2.35 bits per heavy atom. The molecule has 2 rings (SSSR count). The van der Waals surface area contributed by atoms with E-state index in [0.717, 1.165) is 11.3 Å². The molecule has 1 aromatic rings. The fourth-order valence-electron chi connectivity index (χ4n) is 1.87. The van der Waals surface area contributed by atoms with Gasteiger partial charge in [-0.2, -0.15) is 9.57 Å². The summed E-state index contributed by atoms with van der Waals surface area (Å²) < 4.78 is 31.3. The van der Waals surface area contributed by atoms with E-state index in [2.05, 4.69) is 0 Å². The fourth-order valence-corrected chi connectivity index (χ4v) is 4.59. The summed E-state index contributed by atoms with van der Waals surface area (Å²) >= 11 is 0.901. The SMILES string of the molecule is N#Cc1ccc(S(=O)(=O)N2CCOC(CC(=O)O)C2)s1. The summed E-state index contributed by atoms with van der Waals surface area (Å²) in [5.41, 5.74) is 0. The second kappa shape index (κ2) is 5.88. The molecule has 108 valence electrons. The zero-order valence-corrected chi connectivity index (χ0v) is 12.0. The third-order valence-corrected chi connectivity index (χ3v) is 6.11. The van der Waals surface area contributed by atoms with Gasteiger partial charge in [0, 0.05) is 13.1 Å². The van der Waals surface area contributed by atoms with E-state index in [1.807, 2.05) is 6.07 Å². The predicted molar refractivity (Wildman–Crippen MR) is 69.8 cm³/mol. The topological polar surface area (TPSA) is 108 Å². The van der Waals surface area contributed by atoms with Crippen LogP contribution in [0.25, 0.3) is 0 Å². The first-order valence-corrected chi connectivity index (χ1v) is 8.02. The Balaban J connectivity index is 2.17. The molecular weight excluding hydrogens is 304 g/mol. The van der Waals surface area contributed by atoms with E-state index >= 15 is 0 Å². The number of carboxylic acid groups (broad SMARTS) is 1. The number of hydrogen-bond donors (Lipinski definition) is 1. The molecule has 1 N–H and O–H groups in total. The number of sulfonamides is 1. The molecule has 0 radical (unpaired) electrons. The van der Waals surface area contributed by atoms with Crippen LogP contribution in [0.5, 0.6) is 0 Å². The van der Waals surface area contributed by atoms with Crippen molar-refractivity contribution in [3.8, 4) is 6.07 Å². The van der Waals surface area contributed by atoms with E-state index in [-0.39, 0.29) is 30.3 Å². The number of aliphatic carboxylic acids is 1. The van der Waals surface area contributed by atoms with E-state index in [9.17, 15) is 13.2 Å². The molecule has 0 amide bonds. The molecule has 2 heterocycles. The minimum Gasteiger partial charge on any atom is -0.481 e. The maximum absolute atomic E-state index is 12.4. The normalized spacial score (nSPS) is 20.4. The zero-order valence-electron chi connectivity index (χ0n) is 10.4. The van der Waals surface area contributed by atoms with Crippen molar-refractivity contribution < 1.29 is 23.1 Å². The van der Waals surface area contributed by atoms with Gasteiger partial charge >= 0.3 is 5.97 Å². The fraction of sp³-hybridized carbons (Fsp3) is 0.455. The van der Waals surface area contributed by atoms with Gasteiger partial charge in [0.15, 0.2) is 0 Å². The quantitative estimate of drug-likeness (QED) is 0.866. The largest absolute Gasteiger partial charge is 0.481 e. The van der Waals surface area contributed by atoms with Gasteiger partial charge in [-0.25, -0.2) is 8.42 Å². The van der Waals surface area contributed by atoms with E-state index in [4.69, 9.17) is 15.1 Å². The lowest BCUT2D eigenvalue weighted by Gasteiger charge is -2.31. The van der Waals surface area contributed by atoms with Crippen molar-refractivity contribution in [3.05, 3.63) is 17.0 Å². The first-order chi connectivity index (χ1) is 9.43. The lowest BCUT2D eigenvalue weighted by atomic mass is 10.2. The molecule has 0 spiro atoms. The summed E-state index contributed by atoms with van der Waals surface area (Å²) in [7, 11) is -3.69. The molecule has 1 fully saturated rings. The van der Waals surface area contributed by atoms with Crippen molar-refractivity contribution in [1.29, 1.82) is 5.26 Å². The van der Waals surface area contributed by atoms with Gasteiger partial charge in [-0.05, 0) is 12.1 Å². The number of ether oxygens (including phenoxy) is 1. The predicted octanol–water partition coefficient (Wildman–Crippen LogP) is 0.484. The van der Waals surface area contributed by atoms with Crippen molar-refractivity contribution in [2.24, 2.45) is 0 Å². The van der Waals surface area contributed by atoms with E-state index in [1.54, 1.807) is 0 Å². The summed E-state index contributed by atoms with van der Waals surface area (Å²) in [6.45, 7) is 0.348. The molecule has 1 unspecified atom stereocenters. The van der Waals surface area contributed by atoms with Crippen LogP contribution in [0.2, 0.25) is 0 Å². The van der Waals surface area contributed by atoms with E-state index < -0.39 is 22.1 Å². The van der Waals surface area contributed by atoms with Crippen molar-refractivity contribution in [1.82, 2.24) is 4.31 Å². The van der Waals surface area contributed by atoms with Crippen molar-refractivity contribution in [3.63, 3.8) is 0 Å². The second-order valence-electron chi connectivity index (χ2n) is 4.18. The number of thiophene rings is 1. The Bertz CT molecular complexity index is 646. The van der Waals surface area contributed by atoms with Crippen LogP contribution in [0.3, 0.4) is 0 Å². The molecule has 1 atom stereocenters. The third-order valence-electron chi connectivity index (χ3n) is 2.79. The minimum absolute atomic E-state index is 0.00835. The molecule has 0 saturated carbocycles. The first-order valence-electron chi connectivity index (χ1n) is 5.77. The number of nitrogens with zero attached hydrogens (tertiary/aromatic N) is 2. The van der Waals surface area contributed by atoms with Gasteiger partial charge in [-0.3, -0.25) is 4.79 Å². The molecule has 1 aliphatic heterocycles. The van der Waals surface area contributed by atoms with Crippen LogP contribution < -0.4 is 0 Å². The first kappa shape index (κ1) is 14.9. The van der Waals surface area contributed by atoms with Crippen LogP contribution >= 0.6 is 11.3 Å². The lowest BCUT2D eigenvalue weighted by Crippen LogP contribution is -2.45. The Hall–Kier alpha value is -1.47. The number of rotatable bonds is 4. The van der Waals surface area contributed by atoms with Gasteiger partial charge in [0.05, 0.1) is 19.1 Å². The third kappa shape index (κ3) is 3.16. The minimum atomic E-state index is -3.69. The van der Waals surface area contributed by atoms with Gasteiger partial charge in [0.2, 0.25) is 0 Å². The highest BCUT2D eigenvalue weighted by Crippen LogP contribution is 2.26. The van der Waals surface area contributed by atoms with Gasteiger partial charge in [-0.1, -0.05) is 0 Å². The number of carbonyl (C=O) groups is 1. The molecule has 1 aliphatic rings. The molecule has 1 aromatic heterocycles. The maximum atomic E-state index is 12.4. The van der Waals surface area contributed by atoms with Crippen LogP contribution in [0.4, 0.5) is 0 Å². The second-order valence-corrected chi connectivity index (χ2v) is 7.43. The van der Waals surface area contributed by atoms with Crippen LogP contribution in [0.15, 0.2) is 16.3 Å². The zero-order chi connectivity index (χ0) is 14.8. The van der Waals surface area contributed by atoms with Crippen molar-refractivity contribution in [2.45, 2.75) is 16.7 Å². The lowest BCUT2D eigenvalue weighted by molar-refractivity contribution is -0.141. The highest BCUT2D eigenvalue weighted by atomic mass is 32.2. The average Bonchev–Trinajstić information content (AvgIpc) is 2.87. The Morgan fingerprint density at radius 3 is 2.95 bits per heavy atom. The standard InChI is InChI=1S/C11H12N2O5S2/c12-6-9-1-2-11(19-9)20(16,17)13-3-4-18-8(7-13)5-10(14)15/h1-2,8H,3-5,7H2,(H,14,15). The monoisotopic (exact) mass is 316 g/mol. The molecule has 1 saturated heterocycles. The highest BCUT2D eigenvalue weighted by molar-refractivity contribution is 7.91. The van der Waals surface area contributed by atoms with Gasteiger partial charge in [0.1, 0.15) is 15.2 Å². The Kier molecular flexibility index (Phi) is 4.39. The van der Waals surface area contributed by atoms with E-state index in [0.29, 0.717) is 4.88 Å². The number of morpholine rings is 1. The maximum Gasteiger partial charge on any atom is 0.306 e. The molecule has 0 aliphatic carbocycles. The smallest absolute Gasteiger partial charge is 0.306 e. The Morgan fingerprint density at radius 1 is 1.60 bits per heavy atom. The molecule has 20 heavy (non-hydrogen) atoms. The van der Waals surface area contributed by atoms with Crippen LogP contribution in [-0.4, -0.2) is 49.6 Å². The van der Waals surface area contributed by atoms with Gasteiger partial charge in [0.25, 0.3) is 10.0 Å². The van der Waals surface area contributed by atoms with E-state index in [1.165, 1.54) is 16.4 Å². The average molecular weight is 316 g/mol. The molecular formula is C11H12N2O5S2. The van der Waals surface area contributed by atoms with Crippen molar-refractivity contribution >= 4 is 27.3 Å². The summed E-state index contributed by atoms with van der Waals surface area (Å²) in [4.78, 5) is 11.0. The molecule has 7 nitrogen and oxygen atoms in total. The summed E-state index contributed by atoms with van der Waals surface area (Å²) in [6.07, 6.45) is -0.883. The Labute approximate surface area is 120 Å². The van der Waals surface area contributed by atoms with Crippen LogP contribution in [-0.2, 0) is 19.6 Å². The molecule has 9 heteroatoms. The highest BCUT2D eigenvalue weighted by Gasteiger charge is 2.32. The molecule has 0 aromatic carbocycles. The summed E-state index contributed by atoms with van der Waals surface area (Å²) in [6, 6.07) is 4.73. The van der Waals surface area contributed by atoms with Gasteiger partial charge in [-0.15, -0.1) is 11.3 Å². The summed E-state index contributed by atoms with van der Waals surface area (Å²) in [5, 5.41) is 17.5. The van der Waals surface area contributed by atoms with Crippen LogP contribution in [0, 0.1) is 11.3 Å². The number of carboxylic acids is 1. The summed E-state index contributed by atoms with van der Waals surface area (Å²) in [5.74, 6) is -1.03. The van der Waals surface area contributed by atoms with Gasteiger partial charge < -0.3 is 9.84 Å². The number of nitriles is 1. The van der Waals surface area contributed by atoms with Crippen molar-refractivity contribution in [2.75, 3.05) is 19.7 Å². The van der Waals surface area contributed by atoms with Crippen LogP contribution in [0.1, 0.15) is 11.3 Å².